The minimum Gasteiger partial charge on any atom is -0.494 e. The van der Waals surface area contributed by atoms with E-state index in [-0.39, 0.29) is 84.7 Å². The molecule has 0 amide bonds. The number of Topliss-reactive ketones (excluding diaryl/α,β-unsaturated/α-hetero) is 1. The van der Waals surface area contributed by atoms with Crippen molar-refractivity contribution in [3.63, 3.8) is 0 Å². The van der Waals surface area contributed by atoms with E-state index in [9.17, 15) is 19.8 Å². The fourth-order valence-corrected chi connectivity index (χ4v) is 10.8. The molecule has 16 heteroatoms. The smallest absolute Gasteiger partial charge is 0.340 e. The molecular formula is C61H98O14Si2. The number of hydrogen-bond acceptors (Lipinski definition) is 13. The predicted molar refractivity (Wildman–Crippen MR) is 311 cm³/mol. The molecule has 0 spiro atoms. The highest BCUT2D eigenvalue weighted by Gasteiger charge is 2.44. The van der Waals surface area contributed by atoms with Crippen LogP contribution in [0.4, 0.5) is 0 Å². The van der Waals surface area contributed by atoms with Crippen LogP contribution < -0.4 is 18.9 Å². The highest BCUT2D eigenvalue weighted by molar-refractivity contribution is 6.76. The summed E-state index contributed by atoms with van der Waals surface area (Å²) in [5, 5.41) is 19.8. The summed E-state index contributed by atoms with van der Waals surface area (Å²) in [5.74, 6) is 0.451. The average molecular weight is 1110 g/mol. The summed E-state index contributed by atoms with van der Waals surface area (Å²) in [6, 6.07) is 9.30. The average Bonchev–Trinajstić information content (AvgIpc) is 3.82. The molecule has 0 aromatic heterocycles. The van der Waals surface area contributed by atoms with Crippen LogP contribution >= 0.6 is 0 Å². The molecule has 2 N–H and O–H groups in total. The number of carbonyl (C=O) groups is 2. The van der Waals surface area contributed by atoms with Crippen LogP contribution in [0.3, 0.4) is 0 Å². The Morgan fingerprint density at radius 1 is 0.766 bits per heavy atom. The highest BCUT2D eigenvalue weighted by Crippen LogP contribution is 2.39. The second-order valence-corrected chi connectivity index (χ2v) is 36.2. The zero-order valence-electron chi connectivity index (χ0n) is 50.1. The first kappa shape index (κ1) is 65.7. The molecule has 2 aliphatic heterocycles. The Morgan fingerprint density at radius 2 is 1.34 bits per heavy atom. The molecule has 434 valence electrons. The molecule has 0 saturated carbocycles. The molecule has 14 nitrogen and oxygen atoms in total. The number of benzene rings is 2. The Morgan fingerprint density at radius 3 is 1.92 bits per heavy atom. The molecule has 10 atom stereocenters. The summed E-state index contributed by atoms with van der Waals surface area (Å²) in [6.45, 7) is 35.2. The van der Waals surface area contributed by atoms with Gasteiger partial charge in [-0.2, -0.15) is 0 Å². The molecule has 0 bridgehead atoms. The number of ether oxygens (including phenoxy) is 10. The Kier molecular flexibility index (Phi) is 25.2. The number of aryl methyl sites for hydroxylation is 1. The molecule has 3 aliphatic rings. The first-order valence-corrected chi connectivity index (χ1v) is 35.4. The van der Waals surface area contributed by atoms with E-state index < -0.39 is 39.8 Å². The van der Waals surface area contributed by atoms with Gasteiger partial charge in [-0.15, -0.1) is 0 Å². The van der Waals surface area contributed by atoms with E-state index in [1.807, 2.05) is 58.9 Å². The number of rotatable bonds is 22. The second-order valence-electron chi connectivity index (χ2n) is 24.9. The van der Waals surface area contributed by atoms with Crippen molar-refractivity contribution in [3.05, 3.63) is 76.9 Å². The Balaban J connectivity index is 0.000000333. The summed E-state index contributed by atoms with van der Waals surface area (Å²) >= 11 is 0. The molecule has 77 heavy (non-hydrogen) atoms. The molecule has 2 unspecified atom stereocenters. The van der Waals surface area contributed by atoms with Crippen molar-refractivity contribution in [3.8, 4) is 23.0 Å². The van der Waals surface area contributed by atoms with Gasteiger partial charge in [0, 0.05) is 60.8 Å². The molecule has 0 radical (unpaired) electrons. The number of carboxylic acids is 1. The normalized spacial score (nSPS) is 25.4. The first-order valence-electron chi connectivity index (χ1n) is 28.0. The summed E-state index contributed by atoms with van der Waals surface area (Å²) in [4.78, 5) is 26.0. The maximum Gasteiger partial charge on any atom is 0.340 e. The van der Waals surface area contributed by atoms with Gasteiger partial charge in [0.2, 0.25) is 0 Å². The number of fused-ring (bicyclic) bond motifs is 2. The van der Waals surface area contributed by atoms with Crippen LogP contribution in [0.15, 0.2) is 54.6 Å². The number of aliphatic hydroxyl groups excluding tert-OH is 1. The van der Waals surface area contributed by atoms with Crippen LogP contribution in [0.5, 0.6) is 23.0 Å². The number of aliphatic hydroxyl groups is 1. The second kappa shape index (κ2) is 29.6. The van der Waals surface area contributed by atoms with E-state index in [0.29, 0.717) is 48.7 Å². The number of methoxy groups -OCH3 is 2. The predicted octanol–water partition coefficient (Wildman–Crippen LogP) is 13.5. The van der Waals surface area contributed by atoms with Crippen LogP contribution in [0.25, 0.3) is 6.08 Å². The molecular weight excluding hydrogens is 1010 g/mol. The summed E-state index contributed by atoms with van der Waals surface area (Å²) in [6.07, 6.45) is 14.8. The lowest BCUT2D eigenvalue weighted by atomic mass is 9.85. The Hall–Kier alpha value is -3.85. The van der Waals surface area contributed by atoms with Gasteiger partial charge in [-0.25, -0.2) is 4.79 Å². The van der Waals surface area contributed by atoms with E-state index in [4.69, 9.17) is 47.4 Å². The lowest BCUT2D eigenvalue weighted by Crippen LogP contribution is -2.29. The molecule has 1 aliphatic carbocycles. The van der Waals surface area contributed by atoms with Gasteiger partial charge >= 0.3 is 5.97 Å². The van der Waals surface area contributed by atoms with Crippen LogP contribution in [0, 0.1) is 29.6 Å². The van der Waals surface area contributed by atoms with Crippen molar-refractivity contribution in [1.82, 2.24) is 0 Å². The first-order chi connectivity index (χ1) is 35.9. The topological polar surface area (TPSA) is 167 Å². The van der Waals surface area contributed by atoms with Crippen LogP contribution in [0.1, 0.15) is 127 Å². The molecule has 2 aromatic rings. The van der Waals surface area contributed by atoms with Gasteiger partial charge in [0.05, 0.1) is 49.3 Å². The van der Waals surface area contributed by atoms with Gasteiger partial charge in [-0.1, -0.05) is 110 Å². The van der Waals surface area contributed by atoms with Crippen molar-refractivity contribution >= 4 is 34.0 Å². The summed E-state index contributed by atoms with van der Waals surface area (Å²) in [5.41, 5.74) is 2.16. The quantitative estimate of drug-likeness (QED) is 0.0649. The lowest BCUT2D eigenvalue weighted by molar-refractivity contribution is -0.149. The van der Waals surface area contributed by atoms with Crippen molar-refractivity contribution in [2.75, 3.05) is 41.0 Å². The number of hydrogen-bond donors (Lipinski definition) is 2. The van der Waals surface area contributed by atoms with Gasteiger partial charge in [0.1, 0.15) is 28.6 Å². The van der Waals surface area contributed by atoms with Gasteiger partial charge < -0.3 is 57.6 Å². The van der Waals surface area contributed by atoms with Crippen molar-refractivity contribution in [2.24, 2.45) is 29.6 Å². The number of aromatic carboxylic acids is 1. The Labute approximate surface area is 464 Å². The molecule has 2 aromatic carbocycles. The minimum absolute atomic E-state index is 0.000129. The summed E-state index contributed by atoms with van der Waals surface area (Å²) < 4.78 is 59.2. The van der Waals surface area contributed by atoms with Gasteiger partial charge in [-0.05, 0) is 113 Å². The maximum atomic E-state index is 13.8. The lowest BCUT2D eigenvalue weighted by Gasteiger charge is -2.24. The highest BCUT2D eigenvalue weighted by atomic mass is 28.3. The zero-order chi connectivity index (χ0) is 57.5. The number of allylic oxidation sites excluding steroid dienone is 1. The van der Waals surface area contributed by atoms with Gasteiger partial charge in [0.25, 0.3) is 0 Å². The molecule has 5 rings (SSSR count). The van der Waals surface area contributed by atoms with E-state index in [2.05, 4.69) is 85.2 Å². The third-order valence-corrected chi connectivity index (χ3v) is 17.8. The van der Waals surface area contributed by atoms with Crippen LogP contribution in [-0.2, 0) is 34.8 Å². The molecule has 2 saturated heterocycles. The monoisotopic (exact) mass is 1110 g/mol. The molecule has 2 fully saturated rings. The number of ketones is 1. The Bertz CT molecular complexity index is 2280. The van der Waals surface area contributed by atoms with E-state index in [1.54, 1.807) is 32.2 Å². The zero-order valence-corrected chi connectivity index (χ0v) is 52.1. The SMILES string of the molecule is COCOc1cc(OCC[Si](C)(C)C)cc(/C=C/C[C@@H]2OC(C)(C)O[C@@H]2C(C)/C=C\[C@@H](C)[C@H](C)O)c1C(=O)O.COCOc1cc(OCC[Si](C)(C)C)cc2c1C(=O)C[C@@H](C)[C@H](C)/C=C\C(C)[C@H]1OC(C)(C)O[C@H]1CCC2. The van der Waals surface area contributed by atoms with Crippen molar-refractivity contribution in [1.29, 1.82) is 0 Å². The van der Waals surface area contributed by atoms with E-state index in [1.165, 1.54) is 7.11 Å². The third kappa shape index (κ3) is 21.6. The summed E-state index contributed by atoms with van der Waals surface area (Å²) in [7, 11) is 0.541. The number of carbonyl (C=O) groups excluding carboxylic acids is 1. The van der Waals surface area contributed by atoms with Crippen LogP contribution in [0.2, 0.25) is 51.4 Å². The standard InChI is InChI=1S/C31H50O6Si.C30H48O8Si/c1-21-13-14-22(2)30-27(36-31(4,5)37-30)12-10-11-24-18-25(34-15-16-38(7,8)9)19-28(35-20-33-6)29(24)26(32)17-23(21)3;1-20(22(3)31)13-14-21(2)28-25(37-30(4,5)38-28)12-10-11-23-17-24(35-15-16-39(7,8)9)18-26(36-19-34-6)27(23)29(32)33/h13-14,18-19,21-23,27,30H,10-12,15-17,20H2,1-9H3;10-11,13-14,17-18,20-22,25,28,31H,12,15-16,19H2,1-9H3,(H,32,33)/b14-13-;11-10+,14-13-/t21-,22?,23-,27+,30-;20-,21?,22+,25+,28-/m11/s1. The fraction of sp³-hybridized carbons (Fsp3) is 0.672. The number of carboxylic acid groups (broad SMARTS) is 1. The van der Waals surface area contributed by atoms with Gasteiger partial charge in [0.15, 0.2) is 30.9 Å². The van der Waals surface area contributed by atoms with Crippen molar-refractivity contribution < 1.29 is 67.2 Å². The minimum atomic E-state index is -1.30. The van der Waals surface area contributed by atoms with E-state index >= 15 is 0 Å². The maximum absolute atomic E-state index is 13.8. The van der Waals surface area contributed by atoms with E-state index in [0.717, 1.165) is 42.7 Å². The fourth-order valence-electron chi connectivity index (χ4n) is 9.42. The third-order valence-electron chi connectivity index (χ3n) is 14.3. The van der Waals surface area contributed by atoms with Gasteiger partial charge in [-0.3, -0.25) is 4.79 Å². The molecule has 2 heterocycles. The largest absolute Gasteiger partial charge is 0.494 e. The van der Waals surface area contributed by atoms with Crippen LogP contribution in [-0.4, -0.2) is 121 Å². The van der Waals surface area contributed by atoms with Crippen molar-refractivity contribution in [2.45, 2.75) is 195 Å².